The molecule has 0 bridgehead atoms. The second-order valence-corrected chi connectivity index (χ2v) is 5.57. The number of ether oxygens (including phenoxy) is 1. The number of anilines is 2. The minimum atomic E-state index is 0.488. The summed E-state index contributed by atoms with van der Waals surface area (Å²) < 4.78 is 5.54. The molecule has 20 heavy (non-hydrogen) atoms. The maximum absolute atomic E-state index is 5.86. The number of rotatable bonds is 8. The van der Waals surface area contributed by atoms with Crippen molar-refractivity contribution in [3.8, 4) is 5.88 Å². The fourth-order valence-corrected chi connectivity index (χ4v) is 2.10. The molecule has 2 rings (SSSR count). The van der Waals surface area contributed by atoms with E-state index in [1.807, 2.05) is 12.1 Å². The first-order valence-electron chi connectivity index (χ1n) is 7.47. The molecule has 0 aliphatic heterocycles. The van der Waals surface area contributed by atoms with Crippen LogP contribution in [0.2, 0.25) is 0 Å². The zero-order chi connectivity index (χ0) is 14.5. The van der Waals surface area contributed by atoms with E-state index in [1.165, 1.54) is 12.8 Å². The monoisotopic (exact) mass is 278 g/mol. The fourth-order valence-electron chi connectivity index (χ4n) is 2.10. The normalized spacial score (nSPS) is 16.2. The highest BCUT2D eigenvalue weighted by molar-refractivity contribution is 5.53. The molecule has 0 aromatic carbocycles. The summed E-state index contributed by atoms with van der Waals surface area (Å²) in [6, 6.07) is 5.00. The van der Waals surface area contributed by atoms with Crippen molar-refractivity contribution in [2.45, 2.75) is 45.2 Å². The van der Waals surface area contributed by atoms with Gasteiger partial charge in [-0.25, -0.2) is 0 Å². The molecule has 1 saturated carbocycles. The highest BCUT2D eigenvalue weighted by Gasteiger charge is 2.28. The Balaban J connectivity index is 1.88. The molecule has 1 heterocycles. The molecule has 1 unspecified atom stereocenters. The largest absolute Gasteiger partial charge is 0.476 e. The smallest absolute Gasteiger partial charge is 0.239 e. The zero-order valence-corrected chi connectivity index (χ0v) is 12.7. The van der Waals surface area contributed by atoms with Gasteiger partial charge >= 0.3 is 0 Å². The molecule has 1 aromatic rings. The third kappa shape index (κ3) is 4.00. The summed E-state index contributed by atoms with van der Waals surface area (Å²) in [4.78, 5) is 6.85. The van der Waals surface area contributed by atoms with Gasteiger partial charge in [0.2, 0.25) is 5.88 Å². The van der Waals surface area contributed by atoms with Crippen LogP contribution in [-0.4, -0.2) is 42.2 Å². The van der Waals surface area contributed by atoms with Gasteiger partial charge < -0.3 is 15.8 Å². The maximum Gasteiger partial charge on any atom is 0.239 e. The van der Waals surface area contributed by atoms with Crippen molar-refractivity contribution in [1.29, 1.82) is 0 Å². The minimum Gasteiger partial charge on any atom is -0.476 e. The number of pyridine rings is 1. The van der Waals surface area contributed by atoms with E-state index in [2.05, 4.69) is 36.1 Å². The van der Waals surface area contributed by atoms with Gasteiger partial charge in [0.05, 0.1) is 12.3 Å². The number of nitrogens with two attached hydrogens (primary N) is 1. The van der Waals surface area contributed by atoms with E-state index >= 15 is 0 Å². The SMILES string of the molecule is CCCOc1nc(NCC(C)N(C)C2CC2)ccc1N. The predicted molar refractivity (Wildman–Crippen MR) is 83.2 cm³/mol. The lowest BCUT2D eigenvalue weighted by Crippen LogP contribution is -2.36. The number of nitrogens with one attached hydrogen (secondary N) is 1. The fraction of sp³-hybridized carbons (Fsp3) is 0.667. The van der Waals surface area contributed by atoms with Gasteiger partial charge in [-0.15, -0.1) is 0 Å². The lowest BCUT2D eigenvalue weighted by molar-refractivity contribution is 0.257. The molecule has 0 saturated heterocycles. The topological polar surface area (TPSA) is 63.4 Å². The standard InChI is InChI=1S/C15H26N4O/c1-4-9-20-15-13(16)7-8-14(18-15)17-10-11(2)19(3)12-5-6-12/h7-8,11-12H,4-6,9-10,16H2,1-3H3,(H,17,18). The number of hydrogen-bond acceptors (Lipinski definition) is 5. The van der Waals surface area contributed by atoms with Crippen molar-refractivity contribution in [3.05, 3.63) is 12.1 Å². The van der Waals surface area contributed by atoms with Crippen molar-refractivity contribution in [1.82, 2.24) is 9.88 Å². The van der Waals surface area contributed by atoms with E-state index in [9.17, 15) is 0 Å². The molecule has 0 amide bonds. The van der Waals surface area contributed by atoms with Crippen molar-refractivity contribution in [2.24, 2.45) is 0 Å². The van der Waals surface area contributed by atoms with Gasteiger partial charge in [0.15, 0.2) is 0 Å². The third-order valence-electron chi connectivity index (χ3n) is 3.73. The van der Waals surface area contributed by atoms with E-state index < -0.39 is 0 Å². The van der Waals surface area contributed by atoms with Crippen LogP contribution in [0.1, 0.15) is 33.1 Å². The van der Waals surface area contributed by atoms with E-state index in [4.69, 9.17) is 10.5 Å². The van der Waals surface area contributed by atoms with E-state index in [0.717, 1.165) is 24.8 Å². The molecule has 5 nitrogen and oxygen atoms in total. The van der Waals surface area contributed by atoms with Crippen LogP contribution in [0.5, 0.6) is 5.88 Å². The molecule has 3 N–H and O–H groups in total. The van der Waals surface area contributed by atoms with Crippen molar-refractivity contribution in [2.75, 3.05) is 31.2 Å². The van der Waals surface area contributed by atoms with E-state index in [0.29, 0.717) is 24.2 Å². The van der Waals surface area contributed by atoms with Gasteiger partial charge in [-0.1, -0.05) is 6.92 Å². The molecule has 1 fully saturated rings. The van der Waals surface area contributed by atoms with Gasteiger partial charge in [-0.3, -0.25) is 4.90 Å². The van der Waals surface area contributed by atoms with Crippen LogP contribution in [0.15, 0.2) is 12.1 Å². The number of aromatic nitrogens is 1. The van der Waals surface area contributed by atoms with Gasteiger partial charge in [0.25, 0.3) is 0 Å². The molecule has 0 radical (unpaired) electrons. The quantitative estimate of drug-likeness (QED) is 0.764. The average molecular weight is 278 g/mol. The van der Waals surface area contributed by atoms with Crippen LogP contribution in [0.25, 0.3) is 0 Å². The molecular formula is C15H26N4O. The van der Waals surface area contributed by atoms with Crippen molar-refractivity contribution >= 4 is 11.5 Å². The minimum absolute atomic E-state index is 0.488. The van der Waals surface area contributed by atoms with Gasteiger partial charge in [0, 0.05) is 18.6 Å². The molecule has 1 atom stereocenters. The molecular weight excluding hydrogens is 252 g/mol. The van der Waals surface area contributed by atoms with Crippen LogP contribution in [0.3, 0.4) is 0 Å². The molecule has 112 valence electrons. The molecule has 1 aromatic heterocycles. The summed E-state index contributed by atoms with van der Waals surface area (Å²) in [6.07, 6.45) is 3.61. The number of likely N-dealkylation sites (N-methyl/N-ethyl adjacent to an activating group) is 1. The molecule has 1 aliphatic carbocycles. The second kappa shape index (κ2) is 6.79. The third-order valence-corrected chi connectivity index (χ3v) is 3.73. The van der Waals surface area contributed by atoms with Crippen LogP contribution in [0, 0.1) is 0 Å². The second-order valence-electron chi connectivity index (χ2n) is 5.57. The van der Waals surface area contributed by atoms with Crippen molar-refractivity contribution in [3.63, 3.8) is 0 Å². The first kappa shape index (κ1) is 14.9. The Labute approximate surface area is 121 Å². The maximum atomic E-state index is 5.86. The highest BCUT2D eigenvalue weighted by atomic mass is 16.5. The first-order chi connectivity index (χ1) is 9.61. The molecule has 5 heteroatoms. The van der Waals surface area contributed by atoms with Crippen molar-refractivity contribution < 1.29 is 4.74 Å². The summed E-state index contributed by atoms with van der Waals surface area (Å²) in [5.74, 6) is 1.35. The van der Waals surface area contributed by atoms with Crippen LogP contribution >= 0.6 is 0 Å². The van der Waals surface area contributed by atoms with Crippen LogP contribution in [0.4, 0.5) is 11.5 Å². The summed E-state index contributed by atoms with van der Waals surface area (Å²) in [5.41, 5.74) is 6.45. The lowest BCUT2D eigenvalue weighted by Gasteiger charge is -2.24. The Hall–Kier alpha value is -1.49. The summed E-state index contributed by atoms with van der Waals surface area (Å²) in [5, 5.41) is 3.36. The summed E-state index contributed by atoms with van der Waals surface area (Å²) in [7, 11) is 2.19. The summed E-state index contributed by atoms with van der Waals surface area (Å²) in [6.45, 7) is 5.81. The number of nitrogen functional groups attached to an aromatic ring is 1. The first-order valence-corrected chi connectivity index (χ1v) is 7.47. The van der Waals surface area contributed by atoms with Gasteiger partial charge in [-0.05, 0) is 45.4 Å². The highest BCUT2D eigenvalue weighted by Crippen LogP contribution is 2.27. The summed E-state index contributed by atoms with van der Waals surface area (Å²) >= 11 is 0. The van der Waals surface area contributed by atoms with E-state index in [-0.39, 0.29) is 0 Å². The lowest BCUT2D eigenvalue weighted by atomic mass is 10.3. The van der Waals surface area contributed by atoms with Crippen LogP contribution in [-0.2, 0) is 0 Å². The Bertz CT molecular complexity index is 434. The Kier molecular flexibility index (Phi) is 5.06. The predicted octanol–water partition coefficient (Wildman–Crippen LogP) is 2.35. The number of nitrogens with zero attached hydrogens (tertiary/aromatic N) is 2. The average Bonchev–Trinajstić information content (AvgIpc) is 3.28. The van der Waals surface area contributed by atoms with Gasteiger partial charge in [-0.2, -0.15) is 4.98 Å². The molecule has 0 spiro atoms. The Morgan fingerprint density at radius 3 is 2.90 bits per heavy atom. The van der Waals surface area contributed by atoms with Crippen LogP contribution < -0.4 is 15.8 Å². The number of hydrogen-bond donors (Lipinski definition) is 2. The Morgan fingerprint density at radius 2 is 2.25 bits per heavy atom. The Morgan fingerprint density at radius 1 is 1.50 bits per heavy atom. The zero-order valence-electron chi connectivity index (χ0n) is 12.7. The van der Waals surface area contributed by atoms with E-state index in [1.54, 1.807) is 0 Å². The molecule has 1 aliphatic rings. The van der Waals surface area contributed by atoms with Gasteiger partial charge in [0.1, 0.15) is 5.82 Å².